The maximum absolute atomic E-state index is 10.8. The average molecular weight is 206 g/mol. The molecule has 0 radical (unpaired) electrons. The lowest BCUT2D eigenvalue weighted by atomic mass is 10.2. The molecule has 5 heteroatoms. The van der Waals surface area contributed by atoms with E-state index in [0.29, 0.717) is 6.54 Å². The minimum Gasteiger partial charge on any atom is -0.254 e. The van der Waals surface area contributed by atoms with Gasteiger partial charge in [-0.25, -0.2) is 13.4 Å². The number of rotatable bonds is 4. The first-order valence-electron chi connectivity index (χ1n) is 4.74. The Balaban J connectivity index is 2.11. The molecule has 1 saturated heterocycles. The Morgan fingerprint density at radius 2 is 1.85 bits per heavy atom. The summed E-state index contributed by atoms with van der Waals surface area (Å²) in [5.74, 6) is 0.226. The first-order chi connectivity index (χ1) is 6.08. The fourth-order valence-electron chi connectivity index (χ4n) is 1.44. The smallest absolute Gasteiger partial charge is 0.148 e. The first-order valence-corrected chi connectivity index (χ1v) is 6.80. The zero-order valence-corrected chi connectivity index (χ0v) is 8.94. The summed E-state index contributed by atoms with van der Waals surface area (Å²) < 4.78 is 21.6. The van der Waals surface area contributed by atoms with Crippen LogP contribution in [0.5, 0.6) is 0 Å². The van der Waals surface area contributed by atoms with Crippen LogP contribution in [0.4, 0.5) is 0 Å². The van der Waals surface area contributed by atoms with Gasteiger partial charge < -0.3 is 0 Å². The zero-order chi connectivity index (χ0) is 9.73. The number of hydrogen-bond acceptors (Lipinski definition) is 4. The molecular weight excluding hydrogens is 188 g/mol. The highest BCUT2D eigenvalue weighted by atomic mass is 32.2. The second kappa shape index (κ2) is 4.93. The summed E-state index contributed by atoms with van der Waals surface area (Å²) in [5, 5.41) is 2.12. The Labute approximate surface area is 80.2 Å². The van der Waals surface area contributed by atoms with E-state index in [4.69, 9.17) is 0 Å². The Morgan fingerprint density at radius 3 is 2.38 bits per heavy atom. The van der Waals surface area contributed by atoms with Gasteiger partial charge in [0.25, 0.3) is 0 Å². The number of nitrogens with zero attached hydrogens (tertiary/aromatic N) is 1. The van der Waals surface area contributed by atoms with E-state index in [1.165, 1.54) is 25.5 Å². The molecule has 0 aromatic carbocycles. The molecule has 0 aliphatic carbocycles. The van der Waals surface area contributed by atoms with Gasteiger partial charge in [-0.05, 0) is 12.8 Å². The van der Waals surface area contributed by atoms with Crippen molar-refractivity contribution in [1.29, 1.82) is 0 Å². The molecule has 4 nitrogen and oxygen atoms in total. The van der Waals surface area contributed by atoms with Crippen LogP contribution in [0.1, 0.15) is 19.3 Å². The van der Waals surface area contributed by atoms with Crippen LogP contribution in [0.3, 0.4) is 0 Å². The largest absolute Gasteiger partial charge is 0.254 e. The normalized spacial score (nSPS) is 20.4. The lowest BCUT2D eigenvalue weighted by Crippen LogP contribution is -2.43. The van der Waals surface area contributed by atoms with Gasteiger partial charge in [0, 0.05) is 25.9 Å². The van der Waals surface area contributed by atoms with E-state index in [0.717, 1.165) is 13.1 Å². The molecule has 1 N–H and O–H groups in total. The second-order valence-corrected chi connectivity index (χ2v) is 5.85. The Morgan fingerprint density at radius 1 is 1.23 bits per heavy atom. The van der Waals surface area contributed by atoms with E-state index < -0.39 is 9.84 Å². The van der Waals surface area contributed by atoms with Crippen molar-refractivity contribution >= 4 is 9.84 Å². The quantitative estimate of drug-likeness (QED) is 0.704. The third kappa shape index (κ3) is 5.23. The molecule has 1 fully saturated rings. The second-order valence-electron chi connectivity index (χ2n) is 3.59. The summed E-state index contributed by atoms with van der Waals surface area (Å²) in [5.41, 5.74) is 3.13. The summed E-state index contributed by atoms with van der Waals surface area (Å²) in [4.78, 5) is 0. The minimum atomic E-state index is -2.81. The number of hydrogen-bond donors (Lipinski definition) is 1. The van der Waals surface area contributed by atoms with Crippen molar-refractivity contribution < 1.29 is 8.42 Å². The van der Waals surface area contributed by atoms with Gasteiger partial charge >= 0.3 is 0 Å². The number of sulfone groups is 1. The summed E-state index contributed by atoms with van der Waals surface area (Å²) in [6, 6.07) is 0. The van der Waals surface area contributed by atoms with Gasteiger partial charge in [-0.15, -0.1) is 0 Å². The van der Waals surface area contributed by atoms with Crippen LogP contribution in [-0.2, 0) is 9.84 Å². The zero-order valence-electron chi connectivity index (χ0n) is 8.12. The lowest BCUT2D eigenvalue weighted by Gasteiger charge is -2.26. The summed E-state index contributed by atoms with van der Waals surface area (Å²) in [6.45, 7) is 2.63. The fraction of sp³-hybridized carbons (Fsp3) is 1.00. The molecule has 1 aliphatic rings. The molecule has 1 aliphatic heterocycles. The average Bonchev–Trinajstić information content (AvgIpc) is 2.04. The Kier molecular flexibility index (Phi) is 4.15. The van der Waals surface area contributed by atoms with E-state index in [2.05, 4.69) is 10.4 Å². The predicted molar refractivity (Wildman–Crippen MR) is 53.1 cm³/mol. The first kappa shape index (κ1) is 10.9. The standard InChI is InChI=1S/C8H18N2O2S/c1-13(11,12)8-5-9-10-6-3-2-4-7-10/h9H,2-8H2,1H3. The van der Waals surface area contributed by atoms with Gasteiger partial charge in [0.2, 0.25) is 0 Å². The van der Waals surface area contributed by atoms with Crippen molar-refractivity contribution in [1.82, 2.24) is 10.4 Å². The fourth-order valence-corrected chi connectivity index (χ4v) is 1.90. The van der Waals surface area contributed by atoms with E-state index in [1.807, 2.05) is 0 Å². The molecule has 0 amide bonds. The third-order valence-electron chi connectivity index (χ3n) is 2.16. The molecule has 0 saturated carbocycles. The summed E-state index contributed by atoms with van der Waals surface area (Å²) >= 11 is 0. The van der Waals surface area contributed by atoms with Crippen molar-refractivity contribution in [3.8, 4) is 0 Å². The number of nitrogens with one attached hydrogen (secondary N) is 1. The molecule has 0 atom stereocenters. The van der Waals surface area contributed by atoms with E-state index in [9.17, 15) is 8.42 Å². The maximum Gasteiger partial charge on any atom is 0.148 e. The predicted octanol–water partition coefficient (Wildman–Crippen LogP) is 0.0215. The molecule has 0 aromatic heterocycles. The van der Waals surface area contributed by atoms with Crippen molar-refractivity contribution in [2.24, 2.45) is 0 Å². The summed E-state index contributed by atoms with van der Waals surface area (Å²) in [7, 11) is -2.81. The molecule has 0 bridgehead atoms. The molecular formula is C8H18N2O2S. The van der Waals surface area contributed by atoms with Gasteiger partial charge in [0.1, 0.15) is 9.84 Å². The van der Waals surface area contributed by atoms with Crippen LogP contribution in [0.2, 0.25) is 0 Å². The Hall–Kier alpha value is -0.130. The molecule has 0 unspecified atom stereocenters. The molecule has 0 spiro atoms. The minimum absolute atomic E-state index is 0.226. The van der Waals surface area contributed by atoms with Gasteiger partial charge in [0.15, 0.2) is 0 Å². The van der Waals surface area contributed by atoms with E-state index in [-0.39, 0.29) is 5.75 Å². The van der Waals surface area contributed by atoms with Crippen molar-refractivity contribution in [3.63, 3.8) is 0 Å². The van der Waals surface area contributed by atoms with Crippen LogP contribution < -0.4 is 5.43 Å². The highest BCUT2D eigenvalue weighted by molar-refractivity contribution is 7.90. The van der Waals surface area contributed by atoms with Crippen LogP contribution in [0, 0.1) is 0 Å². The molecule has 1 rings (SSSR count). The van der Waals surface area contributed by atoms with Gasteiger partial charge in [0.05, 0.1) is 5.75 Å². The van der Waals surface area contributed by atoms with Crippen LogP contribution in [-0.4, -0.2) is 45.1 Å². The van der Waals surface area contributed by atoms with Crippen LogP contribution >= 0.6 is 0 Å². The van der Waals surface area contributed by atoms with E-state index >= 15 is 0 Å². The topological polar surface area (TPSA) is 49.4 Å². The van der Waals surface area contributed by atoms with E-state index in [1.54, 1.807) is 0 Å². The Bertz CT molecular complexity index is 233. The molecule has 0 aromatic rings. The maximum atomic E-state index is 10.8. The molecule has 1 heterocycles. The highest BCUT2D eigenvalue weighted by Gasteiger charge is 2.09. The van der Waals surface area contributed by atoms with Gasteiger partial charge in [-0.3, -0.25) is 5.43 Å². The van der Waals surface area contributed by atoms with Crippen LogP contribution in [0.15, 0.2) is 0 Å². The number of hydrazine groups is 1. The van der Waals surface area contributed by atoms with Crippen molar-refractivity contribution in [3.05, 3.63) is 0 Å². The molecule has 78 valence electrons. The van der Waals surface area contributed by atoms with Crippen molar-refractivity contribution in [2.75, 3.05) is 31.6 Å². The number of piperidine rings is 1. The SMILES string of the molecule is CS(=O)(=O)CCNN1CCCCC1. The van der Waals surface area contributed by atoms with Gasteiger partial charge in [-0.2, -0.15) is 0 Å². The lowest BCUT2D eigenvalue weighted by molar-refractivity contribution is 0.159. The third-order valence-corrected chi connectivity index (χ3v) is 3.11. The van der Waals surface area contributed by atoms with Crippen molar-refractivity contribution in [2.45, 2.75) is 19.3 Å². The van der Waals surface area contributed by atoms with Gasteiger partial charge in [-0.1, -0.05) is 6.42 Å². The monoisotopic (exact) mass is 206 g/mol. The molecule has 13 heavy (non-hydrogen) atoms. The summed E-state index contributed by atoms with van der Waals surface area (Å²) in [6.07, 6.45) is 4.99. The van der Waals surface area contributed by atoms with Crippen LogP contribution in [0.25, 0.3) is 0 Å². The highest BCUT2D eigenvalue weighted by Crippen LogP contribution is 2.05.